The highest BCUT2D eigenvalue weighted by Crippen LogP contribution is 2.22. The Kier molecular flexibility index (Phi) is 3.39. The molecule has 2 aromatic heterocycles. The minimum absolute atomic E-state index is 0.0172. The molecule has 2 aromatic carbocycles. The number of aryl methyl sites for hydroxylation is 1. The molecule has 0 spiro atoms. The van der Waals surface area contributed by atoms with Gasteiger partial charge in [0.2, 0.25) is 0 Å². The fraction of sp³-hybridized carbons (Fsp3) is 0.0556. The molecular weight excluding hydrogens is 324 g/mol. The Bertz CT molecular complexity index is 1140. The van der Waals surface area contributed by atoms with Crippen LogP contribution in [0.4, 0.5) is 5.69 Å². The van der Waals surface area contributed by atoms with E-state index in [0.29, 0.717) is 16.7 Å². The van der Waals surface area contributed by atoms with E-state index in [1.54, 1.807) is 29.8 Å². The van der Waals surface area contributed by atoms with Crippen molar-refractivity contribution in [3.63, 3.8) is 0 Å². The van der Waals surface area contributed by atoms with Gasteiger partial charge in [-0.25, -0.2) is 4.98 Å². The number of anilines is 1. The third-order valence-electron chi connectivity index (χ3n) is 3.70. The summed E-state index contributed by atoms with van der Waals surface area (Å²) in [5.41, 5.74) is 4.29. The van der Waals surface area contributed by atoms with Crippen molar-refractivity contribution in [3.05, 3.63) is 69.5 Å². The minimum Gasteiger partial charge on any atom is -0.451 e. The maximum Gasteiger partial charge on any atom is 0.291 e. The van der Waals surface area contributed by atoms with Crippen molar-refractivity contribution < 1.29 is 9.21 Å². The molecule has 0 aliphatic heterocycles. The van der Waals surface area contributed by atoms with Gasteiger partial charge in [-0.15, -0.1) is 11.3 Å². The number of rotatable bonds is 2. The fourth-order valence-electron chi connectivity index (χ4n) is 2.50. The van der Waals surface area contributed by atoms with Crippen LogP contribution >= 0.6 is 11.3 Å². The normalized spacial score (nSPS) is 11.0. The van der Waals surface area contributed by atoms with Gasteiger partial charge in [-0.1, -0.05) is 6.07 Å². The maximum absolute atomic E-state index is 12.4. The first-order chi connectivity index (χ1) is 11.6. The molecule has 0 fully saturated rings. The van der Waals surface area contributed by atoms with E-state index in [1.807, 2.05) is 19.1 Å². The molecule has 0 saturated heterocycles. The summed E-state index contributed by atoms with van der Waals surface area (Å²) in [6.45, 7) is 1.90. The van der Waals surface area contributed by atoms with Crippen LogP contribution in [0, 0.1) is 6.92 Å². The number of fused-ring (bicyclic) bond motifs is 2. The Morgan fingerprint density at radius 2 is 2.04 bits per heavy atom. The number of carbonyl (C=O) groups is 1. The summed E-state index contributed by atoms with van der Waals surface area (Å²) >= 11 is 1.53. The van der Waals surface area contributed by atoms with Gasteiger partial charge in [0.1, 0.15) is 5.58 Å². The first-order valence-electron chi connectivity index (χ1n) is 7.29. The molecule has 0 radical (unpaired) electrons. The zero-order valence-electron chi connectivity index (χ0n) is 12.7. The highest BCUT2D eigenvalue weighted by molar-refractivity contribution is 7.16. The molecule has 1 amide bonds. The molecule has 4 rings (SSSR count). The molecule has 0 aliphatic carbocycles. The van der Waals surface area contributed by atoms with Crippen molar-refractivity contribution >= 4 is 44.1 Å². The van der Waals surface area contributed by atoms with Gasteiger partial charge in [0.05, 0.1) is 21.1 Å². The molecule has 0 unspecified atom stereocenters. The van der Waals surface area contributed by atoms with Gasteiger partial charge < -0.3 is 9.73 Å². The lowest BCUT2D eigenvalue weighted by Gasteiger charge is -2.06. The number of nitrogens with one attached hydrogen (secondary N) is 1. The number of hydrogen-bond donors (Lipinski definition) is 1. The van der Waals surface area contributed by atoms with Crippen molar-refractivity contribution in [1.29, 1.82) is 0 Å². The largest absolute Gasteiger partial charge is 0.451 e. The SMILES string of the molecule is Cc1ccc2c(=O)cc(C(=O)Nc3ccc4scnc4c3)oc2c1. The van der Waals surface area contributed by atoms with E-state index >= 15 is 0 Å². The molecule has 0 bridgehead atoms. The van der Waals surface area contributed by atoms with Crippen LogP contribution in [0.5, 0.6) is 0 Å². The Labute approximate surface area is 140 Å². The monoisotopic (exact) mass is 336 g/mol. The number of aromatic nitrogens is 1. The van der Waals surface area contributed by atoms with Gasteiger partial charge in [0.25, 0.3) is 5.91 Å². The van der Waals surface area contributed by atoms with Gasteiger partial charge in [0.15, 0.2) is 11.2 Å². The summed E-state index contributed by atoms with van der Waals surface area (Å²) in [6, 6.07) is 12.0. The number of thiazole rings is 1. The average molecular weight is 336 g/mol. The molecule has 24 heavy (non-hydrogen) atoms. The van der Waals surface area contributed by atoms with Crippen LogP contribution in [0.2, 0.25) is 0 Å². The second-order valence-corrected chi connectivity index (χ2v) is 6.35. The van der Waals surface area contributed by atoms with E-state index in [2.05, 4.69) is 10.3 Å². The van der Waals surface area contributed by atoms with Crippen LogP contribution in [0.1, 0.15) is 16.1 Å². The zero-order valence-corrected chi connectivity index (χ0v) is 13.5. The number of benzene rings is 2. The third kappa shape index (κ3) is 2.57. The second kappa shape index (κ2) is 5.58. The topological polar surface area (TPSA) is 72.2 Å². The molecule has 0 saturated carbocycles. The van der Waals surface area contributed by atoms with Crippen LogP contribution in [-0.2, 0) is 0 Å². The molecule has 0 aliphatic rings. The van der Waals surface area contributed by atoms with Crippen LogP contribution in [0.3, 0.4) is 0 Å². The lowest BCUT2D eigenvalue weighted by molar-refractivity contribution is 0.0997. The Morgan fingerprint density at radius 3 is 2.92 bits per heavy atom. The van der Waals surface area contributed by atoms with Crippen LogP contribution in [0.25, 0.3) is 21.2 Å². The van der Waals surface area contributed by atoms with Gasteiger partial charge in [0, 0.05) is 11.8 Å². The van der Waals surface area contributed by atoms with E-state index in [-0.39, 0.29) is 11.2 Å². The van der Waals surface area contributed by atoms with Gasteiger partial charge in [-0.2, -0.15) is 0 Å². The smallest absolute Gasteiger partial charge is 0.291 e. The first-order valence-corrected chi connectivity index (χ1v) is 8.17. The maximum atomic E-state index is 12.4. The van der Waals surface area contributed by atoms with Crippen molar-refractivity contribution in [2.75, 3.05) is 5.32 Å². The Balaban J connectivity index is 1.70. The van der Waals surface area contributed by atoms with Crippen LogP contribution in [0.15, 0.2) is 57.2 Å². The molecule has 5 nitrogen and oxygen atoms in total. The molecule has 2 heterocycles. The lowest BCUT2D eigenvalue weighted by atomic mass is 10.1. The predicted octanol–water partition coefficient (Wildman–Crippen LogP) is 3.96. The van der Waals surface area contributed by atoms with Crippen molar-refractivity contribution in [2.45, 2.75) is 6.92 Å². The summed E-state index contributed by atoms with van der Waals surface area (Å²) in [4.78, 5) is 28.8. The number of carbonyl (C=O) groups excluding carboxylic acids is 1. The van der Waals surface area contributed by atoms with Gasteiger partial charge >= 0.3 is 0 Å². The molecule has 118 valence electrons. The molecule has 6 heteroatoms. The summed E-state index contributed by atoms with van der Waals surface area (Å²) in [5, 5.41) is 3.20. The summed E-state index contributed by atoms with van der Waals surface area (Å²) in [6.07, 6.45) is 0. The van der Waals surface area contributed by atoms with Gasteiger partial charge in [-0.05, 0) is 42.8 Å². The molecule has 1 N–H and O–H groups in total. The number of amides is 1. The molecular formula is C18H12N2O3S. The first kappa shape index (κ1) is 14.6. The van der Waals surface area contributed by atoms with Crippen molar-refractivity contribution in [1.82, 2.24) is 4.98 Å². The third-order valence-corrected chi connectivity index (χ3v) is 4.51. The van der Waals surface area contributed by atoms with E-state index in [0.717, 1.165) is 15.8 Å². The van der Waals surface area contributed by atoms with Crippen molar-refractivity contribution in [3.8, 4) is 0 Å². The summed E-state index contributed by atoms with van der Waals surface area (Å²) < 4.78 is 6.65. The van der Waals surface area contributed by atoms with Crippen LogP contribution in [-0.4, -0.2) is 10.9 Å². The lowest BCUT2D eigenvalue weighted by Crippen LogP contribution is -2.15. The van der Waals surface area contributed by atoms with E-state index in [9.17, 15) is 9.59 Å². The molecule has 0 atom stereocenters. The Morgan fingerprint density at radius 1 is 1.17 bits per heavy atom. The zero-order chi connectivity index (χ0) is 16.7. The van der Waals surface area contributed by atoms with E-state index in [1.165, 1.54) is 17.4 Å². The minimum atomic E-state index is -0.468. The summed E-state index contributed by atoms with van der Waals surface area (Å²) in [7, 11) is 0. The Hall–Kier alpha value is -2.99. The predicted molar refractivity (Wildman–Crippen MR) is 94.8 cm³/mol. The van der Waals surface area contributed by atoms with Crippen molar-refractivity contribution in [2.24, 2.45) is 0 Å². The van der Waals surface area contributed by atoms with E-state index in [4.69, 9.17) is 4.42 Å². The average Bonchev–Trinajstić information content (AvgIpc) is 3.02. The highest BCUT2D eigenvalue weighted by atomic mass is 32.1. The standard InChI is InChI=1S/C18H12N2O3S/c1-10-2-4-12-14(21)8-16(23-15(12)6-10)18(22)20-11-3-5-17-13(7-11)19-9-24-17/h2-9H,1H3,(H,20,22). The highest BCUT2D eigenvalue weighted by Gasteiger charge is 2.13. The van der Waals surface area contributed by atoms with Gasteiger partial charge in [-0.3, -0.25) is 9.59 Å². The summed E-state index contributed by atoms with van der Waals surface area (Å²) in [5.74, 6) is -0.485. The molecule has 4 aromatic rings. The fourth-order valence-corrected chi connectivity index (χ4v) is 3.16. The van der Waals surface area contributed by atoms with Crippen LogP contribution < -0.4 is 10.7 Å². The second-order valence-electron chi connectivity index (χ2n) is 5.46. The number of hydrogen-bond acceptors (Lipinski definition) is 5. The number of nitrogens with zero attached hydrogens (tertiary/aromatic N) is 1. The van der Waals surface area contributed by atoms with E-state index < -0.39 is 5.91 Å². The quantitative estimate of drug-likeness (QED) is 0.601.